The number of hydrogen-bond acceptors (Lipinski definition) is 3. The van der Waals surface area contributed by atoms with Gasteiger partial charge in [0.2, 0.25) is 5.91 Å². The Hall–Kier alpha value is -0.220. The zero-order chi connectivity index (χ0) is 11.7. The monoisotopic (exact) mass is 242 g/mol. The van der Waals surface area contributed by atoms with E-state index in [0.717, 1.165) is 6.54 Å². The lowest BCUT2D eigenvalue weighted by Gasteiger charge is -2.24. The van der Waals surface area contributed by atoms with Crippen LogP contribution in [0, 0.1) is 5.92 Å². The first-order valence-electron chi connectivity index (χ1n) is 6.27. The normalized spacial score (nSPS) is 35.4. The minimum Gasteiger partial charge on any atom is -0.325 e. The Morgan fingerprint density at radius 1 is 1.56 bits per heavy atom. The molecule has 2 rings (SSSR count). The highest BCUT2D eigenvalue weighted by atomic mass is 32.2. The smallest absolute Gasteiger partial charge is 0.241 e. The van der Waals surface area contributed by atoms with Crippen LogP contribution in [-0.4, -0.2) is 40.6 Å². The third kappa shape index (κ3) is 2.38. The van der Waals surface area contributed by atoms with Gasteiger partial charge in [0.15, 0.2) is 0 Å². The van der Waals surface area contributed by atoms with E-state index in [1.165, 1.54) is 18.6 Å². The molecule has 0 spiro atoms. The quantitative estimate of drug-likeness (QED) is 0.817. The first-order chi connectivity index (χ1) is 7.59. The molecule has 1 amide bonds. The highest BCUT2D eigenvalue weighted by Crippen LogP contribution is 2.28. The van der Waals surface area contributed by atoms with Gasteiger partial charge < -0.3 is 4.90 Å². The molecule has 2 fully saturated rings. The Bertz CT molecular complexity index is 264. The molecule has 0 aromatic heterocycles. The number of rotatable bonds is 3. The summed E-state index contributed by atoms with van der Waals surface area (Å²) in [5.41, 5.74) is 0. The van der Waals surface area contributed by atoms with Crippen LogP contribution in [0.2, 0.25) is 0 Å². The van der Waals surface area contributed by atoms with E-state index in [1.54, 1.807) is 0 Å². The van der Waals surface area contributed by atoms with Crippen LogP contribution >= 0.6 is 11.8 Å². The maximum absolute atomic E-state index is 12.2. The van der Waals surface area contributed by atoms with Crippen molar-refractivity contribution in [3.63, 3.8) is 0 Å². The summed E-state index contributed by atoms with van der Waals surface area (Å²) < 4.78 is 0. The second kappa shape index (κ2) is 4.96. The third-order valence-electron chi connectivity index (χ3n) is 3.53. The molecule has 2 heterocycles. The molecule has 0 aromatic rings. The van der Waals surface area contributed by atoms with Gasteiger partial charge in [0.1, 0.15) is 0 Å². The van der Waals surface area contributed by atoms with E-state index in [-0.39, 0.29) is 12.2 Å². The van der Waals surface area contributed by atoms with E-state index in [9.17, 15) is 4.79 Å². The van der Waals surface area contributed by atoms with Gasteiger partial charge in [-0.1, -0.05) is 13.8 Å². The van der Waals surface area contributed by atoms with Crippen LogP contribution in [0.1, 0.15) is 33.6 Å². The minimum atomic E-state index is 0.0291. The molecule has 2 saturated heterocycles. The molecular formula is C12H22N2OS. The molecule has 16 heavy (non-hydrogen) atoms. The van der Waals surface area contributed by atoms with Crippen molar-refractivity contribution in [2.45, 2.75) is 51.1 Å². The molecule has 4 heteroatoms. The summed E-state index contributed by atoms with van der Waals surface area (Å²) in [6.07, 6.45) is 2.79. The van der Waals surface area contributed by atoms with Crippen molar-refractivity contribution in [2.75, 3.05) is 12.3 Å². The molecule has 2 aliphatic rings. The van der Waals surface area contributed by atoms with E-state index in [4.69, 9.17) is 0 Å². The van der Waals surface area contributed by atoms with Crippen molar-refractivity contribution in [1.82, 2.24) is 10.2 Å². The van der Waals surface area contributed by atoms with Crippen LogP contribution in [0.3, 0.4) is 0 Å². The molecule has 0 bridgehead atoms. The lowest BCUT2D eigenvalue weighted by Crippen LogP contribution is -2.38. The van der Waals surface area contributed by atoms with Crippen molar-refractivity contribution in [1.29, 1.82) is 0 Å². The van der Waals surface area contributed by atoms with E-state index in [2.05, 4.69) is 26.1 Å². The number of amides is 1. The maximum Gasteiger partial charge on any atom is 0.241 e. The molecule has 2 aliphatic heterocycles. The maximum atomic E-state index is 12.2. The summed E-state index contributed by atoms with van der Waals surface area (Å²) >= 11 is 2.02. The Morgan fingerprint density at radius 3 is 2.81 bits per heavy atom. The summed E-state index contributed by atoms with van der Waals surface area (Å²) in [6.45, 7) is 7.24. The fraction of sp³-hybridized carbons (Fsp3) is 0.917. The molecule has 1 N–H and O–H groups in total. The van der Waals surface area contributed by atoms with E-state index in [1.807, 2.05) is 16.7 Å². The summed E-state index contributed by atoms with van der Waals surface area (Å²) in [5.74, 6) is 1.95. The second-order valence-electron chi connectivity index (χ2n) is 5.19. The van der Waals surface area contributed by atoms with Gasteiger partial charge >= 0.3 is 0 Å². The van der Waals surface area contributed by atoms with Crippen molar-refractivity contribution in [3.8, 4) is 0 Å². The predicted octanol–water partition coefficient (Wildman–Crippen LogP) is 1.68. The zero-order valence-corrected chi connectivity index (χ0v) is 11.2. The Labute approximate surface area is 102 Å². The Morgan fingerprint density at radius 2 is 2.31 bits per heavy atom. The highest BCUT2D eigenvalue weighted by Gasteiger charge is 2.39. The average Bonchev–Trinajstić information content (AvgIpc) is 2.81. The van der Waals surface area contributed by atoms with E-state index in [0.29, 0.717) is 17.1 Å². The van der Waals surface area contributed by atoms with Crippen molar-refractivity contribution < 1.29 is 4.79 Å². The fourth-order valence-electron chi connectivity index (χ4n) is 2.52. The summed E-state index contributed by atoms with van der Waals surface area (Å²) in [7, 11) is 0. The highest BCUT2D eigenvalue weighted by molar-refractivity contribution is 8.00. The number of nitrogens with zero attached hydrogens (tertiary/aromatic N) is 1. The van der Waals surface area contributed by atoms with E-state index >= 15 is 0 Å². The predicted molar refractivity (Wildman–Crippen MR) is 68.4 cm³/mol. The van der Waals surface area contributed by atoms with Gasteiger partial charge in [0.25, 0.3) is 0 Å². The van der Waals surface area contributed by atoms with Crippen LogP contribution in [-0.2, 0) is 4.79 Å². The van der Waals surface area contributed by atoms with Crippen LogP contribution in [0.15, 0.2) is 0 Å². The minimum absolute atomic E-state index is 0.0291. The van der Waals surface area contributed by atoms with Crippen LogP contribution < -0.4 is 5.32 Å². The second-order valence-corrected chi connectivity index (χ2v) is 6.60. The van der Waals surface area contributed by atoms with Gasteiger partial charge in [-0.15, -0.1) is 0 Å². The molecule has 3 unspecified atom stereocenters. The topological polar surface area (TPSA) is 32.3 Å². The fourth-order valence-corrected chi connectivity index (χ4v) is 3.79. The number of hydrogen-bond donors (Lipinski definition) is 1. The summed E-state index contributed by atoms with van der Waals surface area (Å²) in [4.78, 5) is 14.2. The van der Waals surface area contributed by atoms with Crippen molar-refractivity contribution in [2.24, 2.45) is 5.92 Å². The summed E-state index contributed by atoms with van der Waals surface area (Å²) in [6, 6.07) is 0.0291. The molecular weight excluding hydrogens is 220 g/mol. The summed E-state index contributed by atoms with van der Waals surface area (Å²) in [5, 5.41) is 4.06. The van der Waals surface area contributed by atoms with Gasteiger partial charge in [0.05, 0.1) is 12.2 Å². The van der Waals surface area contributed by atoms with Crippen LogP contribution in [0.4, 0.5) is 0 Å². The number of carbonyl (C=O) groups excluding carboxylic acids is 1. The van der Waals surface area contributed by atoms with Gasteiger partial charge in [0, 0.05) is 11.8 Å². The molecule has 0 radical (unpaired) electrons. The number of nitrogens with one attached hydrogen (secondary N) is 1. The van der Waals surface area contributed by atoms with E-state index < -0.39 is 0 Å². The standard InChI is InChI=1S/C12H22N2OS/c1-8(2)11-12(15)14(9(3)13-11)7-10-5-4-6-16-10/h8-11,13H,4-7H2,1-3H3. The molecule has 92 valence electrons. The van der Waals surface area contributed by atoms with Crippen LogP contribution in [0.5, 0.6) is 0 Å². The molecule has 0 aliphatic carbocycles. The van der Waals surface area contributed by atoms with Gasteiger partial charge in [-0.25, -0.2) is 0 Å². The number of thioether (sulfide) groups is 1. The lowest BCUT2D eigenvalue weighted by atomic mass is 10.1. The zero-order valence-electron chi connectivity index (χ0n) is 10.4. The Balaban J connectivity index is 1.96. The largest absolute Gasteiger partial charge is 0.325 e. The third-order valence-corrected chi connectivity index (χ3v) is 4.91. The van der Waals surface area contributed by atoms with Gasteiger partial charge in [-0.05, 0) is 31.4 Å². The molecule has 0 aromatic carbocycles. The van der Waals surface area contributed by atoms with Crippen molar-refractivity contribution >= 4 is 17.7 Å². The Kier molecular flexibility index (Phi) is 3.80. The van der Waals surface area contributed by atoms with Gasteiger partial charge in [-0.3, -0.25) is 10.1 Å². The molecule has 3 atom stereocenters. The molecule has 0 saturated carbocycles. The van der Waals surface area contributed by atoms with Crippen LogP contribution in [0.25, 0.3) is 0 Å². The molecule has 3 nitrogen and oxygen atoms in total. The lowest BCUT2D eigenvalue weighted by molar-refractivity contribution is -0.130. The number of carbonyl (C=O) groups is 1. The average molecular weight is 242 g/mol. The first-order valence-corrected chi connectivity index (χ1v) is 7.32. The van der Waals surface area contributed by atoms with Gasteiger partial charge in [-0.2, -0.15) is 11.8 Å². The SMILES string of the molecule is CC(C)C1NC(C)N(CC2CCCS2)C1=O. The van der Waals surface area contributed by atoms with Crippen molar-refractivity contribution in [3.05, 3.63) is 0 Å². The first kappa shape index (κ1) is 12.2.